The smallest absolute Gasteiger partial charge is 0.377 e. The molecule has 194 valence electrons. The number of cyclic esters (lactones) is 2. The third-order valence-corrected chi connectivity index (χ3v) is 4.67. The lowest BCUT2D eigenvalue weighted by Gasteiger charge is -2.14. The van der Waals surface area contributed by atoms with Crippen molar-refractivity contribution >= 4 is 11.9 Å². The van der Waals surface area contributed by atoms with E-state index in [1.54, 1.807) is 12.4 Å². The van der Waals surface area contributed by atoms with E-state index in [0.717, 1.165) is 0 Å². The fraction of sp³-hybridized carbons (Fsp3) is 0.273. The van der Waals surface area contributed by atoms with Gasteiger partial charge in [-0.3, -0.25) is 4.98 Å². The second-order valence-corrected chi connectivity index (χ2v) is 7.12. The van der Waals surface area contributed by atoms with Gasteiger partial charge in [0.1, 0.15) is 18.0 Å². The minimum absolute atomic E-state index is 0.671. The molecule has 2 aliphatic rings. The minimum Gasteiger partial charge on any atom is -0.865 e. The molecular weight excluding hydrogens is 484 g/mol. The predicted molar refractivity (Wildman–Crippen MR) is 114 cm³/mol. The Balaban J connectivity index is 0.000000190. The molecule has 14 heteroatoms. The lowest BCUT2D eigenvalue weighted by molar-refractivity contribution is -0.377. The summed E-state index contributed by atoms with van der Waals surface area (Å²) in [6.45, 7) is -1.37. The third kappa shape index (κ3) is 6.89. The van der Waals surface area contributed by atoms with Crippen molar-refractivity contribution in [1.29, 1.82) is 0 Å². The quantitative estimate of drug-likeness (QED) is 0.208. The van der Waals surface area contributed by atoms with Crippen LogP contribution in [0.5, 0.6) is 0 Å². The summed E-state index contributed by atoms with van der Waals surface area (Å²) in [6.07, 6.45) is 1.76. The Morgan fingerprint density at radius 3 is 1.72 bits per heavy atom. The van der Waals surface area contributed by atoms with Gasteiger partial charge < -0.3 is 50.3 Å². The van der Waals surface area contributed by atoms with Crippen LogP contribution < -0.4 is 10.1 Å². The van der Waals surface area contributed by atoms with Gasteiger partial charge in [-0.15, -0.1) is 0 Å². The number of aromatic amines is 1. The highest BCUT2D eigenvalue weighted by Gasteiger charge is 2.38. The van der Waals surface area contributed by atoms with Gasteiger partial charge in [-0.25, -0.2) is 14.6 Å². The normalized spacial score (nSPS) is 20.4. The number of pyridine rings is 2. The molecule has 0 radical (unpaired) electrons. The van der Waals surface area contributed by atoms with E-state index < -0.39 is 72.6 Å². The molecule has 0 saturated heterocycles. The van der Waals surface area contributed by atoms with Gasteiger partial charge in [0.05, 0.1) is 13.2 Å². The summed E-state index contributed by atoms with van der Waals surface area (Å²) in [5.41, 5.74) is 2.40. The van der Waals surface area contributed by atoms with Crippen molar-refractivity contribution < 1.29 is 64.9 Å². The molecule has 0 bridgehead atoms. The van der Waals surface area contributed by atoms with Gasteiger partial charge in [-0.05, 0) is 23.3 Å². The number of aliphatic hydroxyl groups is 7. The fourth-order valence-corrected chi connectivity index (χ4v) is 2.76. The van der Waals surface area contributed by atoms with E-state index in [4.69, 9.17) is 35.7 Å². The van der Waals surface area contributed by atoms with Crippen LogP contribution in [0.3, 0.4) is 0 Å². The largest absolute Gasteiger partial charge is 0.865 e. The molecule has 4 rings (SSSR count). The maximum atomic E-state index is 10.6. The molecular formula is C22H24N2O12. The second kappa shape index (κ2) is 13.0. The molecule has 2 aliphatic heterocycles. The molecule has 2 aromatic rings. The summed E-state index contributed by atoms with van der Waals surface area (Å²) in [5.74, 6) is -6.03. The maximum Gasteiger partial charge on any atom is 0.377 e. The van der Waals surface area contributed by atoms with Crippen molar-refractivity contribution in [3.8, 4) is 11.1 Å². The Morgan fingerprint density at radius 2 is 1.31 bits per heavy atom. The third-order valence-electron chi connectivity index (χ3n) is 4.67. The predicted octanol–water partition coefficient (Wildman–Crippen LogP) is -2.45. The topological polar surface area (TPSA) is 244 Å². The van der Waals surface area contributed by atoms with Crippen LogP contribution in [-0.4, -0.2) is 90.3 Å². The average molecular weight is 508 g/mol. The molecule has 14 nitrogen and oxygen atoms in total. The maximum absolute atomic E-state index is 10.6. The van der Waals surface area contributed by atoms with E-state index in [1.807, 2.05) is 36.7 Å². The Kier molecular flexibility index (Phi) is 10.1. The number of aromatic nitrogens is 2. The van der Waals surface area contributed by atoms with Gasteiger partial charge in [0, 0.05) is 30.3 Å². The lowest BCUT2D eigenvalue weighted by atomic mass is 10.1. The average Bonchev–Trinajstić information content (AvgIpc) is 3.33. The number of hydrogen-bond acceptors (Lipinski definition) is 13. The van der Waals surface area contributed by atoms with Crippen LogP contribution in [-0.2, 0) is 19.1 Å². The first kappa shape index (κ1) is 28.0. The number of esters is 2. The zero-order valence-corrected chi connectivity index (χ0v) is 18.5. The van der Waals surface area contributed by atoms with Crippen LogP contribution in [0.15, 0.2) is 72.1 Å². The highest BCUT2D eigenvalue weighted by atomic mass is 16.6. The Bertz CT molecular complexity index is 1000. The number of hydrogen-bond donors (Lipinski definition) is 7. The highest BCUT2D eigenvalue weighted by molar-refractivity contribution is 5.89. The fourth-order valence-electron chi connectivity index (χ4n) is 2.76. The van der Waals surface area contributed by atoms with Crippen LogP contribution in [0, 0.1) is 0 Å². The molecule has 36 heavy (non-hydrogen) atoms. The molecule has 2 aromatic heterocycles. The van der Waals surface area contributed by atoms with E-state index >= 15 is 0 Å². The number of carbonyl (C=O) groups excluding carboxylic acids is 2. The van der Waals surface area contributed by atoms with E-state index in [-0.39, 0.29) is 0 Å². The zero-order chi connectivity index (χ0) is 26.8. The molecule has 0 spiro atoms. The van der Waals surface area contributed by atoms with Gasteiger partial charge in [-0.2, -0.15) is 0 Å². The number of nitrogens with zero attached hydrogens (tertiary/aromatic N) is 1. The summed E-state index contributed by atoms with van der Waals surface area (Å²) in [7, 11) is 0. The van der Waals surface area contributed by atoms with Crippen LogP contribution in [0.2, 0.25) is 0 Å². The summed E-state index contributed by atoms with van der Waals surface area (Å²) in [6, 6.07) is 8.06. The standard InChI is InChI=1S/C10H8N2.2C6H8O6/c1-5-11-6-2-9(1)10-3-7-12-8-4-10;2*7-1-2(8)5-3(9)4(10)6(11)12-5/h1-8H;2*2,5,7-10H,1H2/t;2*2-,5+/m.00/s1. The van der Waals surface area contributed by atoms with Crippen molar-refractivity contribution in [3.05, 3.63) is 72.1 Å². The number of nitrogens with one attached hydrogen (secondary N) is 1. The zero-order valence-electron chi connectivity index (χ0n) is 18.5. The molecule has 0 saturated carbocycles. The van der Waals surface area contributed by atoms with Gasteiger partial charge in [-0.1, -0.05) is 0 Å². The summed E-state index contributed by atoms with van der Waals surface area (Å²) in [4.78, 5) is 28.0. The van der Waals surface area contributed by atoms with Crippen molar-refractivity contribution in [1.82, 2.24) is 4.98 Å². The first-order valence-electron chi connectivity index (χ1n) is 10.2. The van der Waals surface area contributed by atoms with E-state index in [1.165, 1.54) is 11.1 Å². The SMILES string of the molecule is O=C1O[C@H]([C@@H](O)CO)C(O)=C1O.O=C1O[C@H]([C@@H](O)CO)C(O)=C1[O-].c1cc(-c2cc[nH+]cc2)ccn1. The molecule has 4 heterocycles. The van der Waals surface area contributed by atoms with Gasteiger partial charge in [0.2, 0.25) is 5.76 Å². The van der Waals surface area contributed by atoms with Crippen LogP contribution in [0.4, 0.5) is 0 Å². The number of aliphatic hydroxyl groups excluding tert-OH is 7. The van der Waals surface area contributed by atoms with Crippen LogP contribution in [0.1, 0.15) is 0 Å². The Morgan fingerprint density at radius 1 is 0.833 bits per heavy atom. The van der Waals surface area contributed by atoms with Crippen LogP contribution >= 0.6 is 0 Å². The molecule has 4 atom stereocenters. The Labute approximate surface area is 203 Å². The summed E-state index contributed by atoms with van der Waals surface area (Å²) in [5, 5.41) is 71.8. The molecule has 0 aromatic carbocycles. The lowest BCUT2D eigenvalue weighted by Crippen LogP contribution is -2.31. The molecule has 0 fully saturated rings. The molecule has 8 N–H and O–H groups in total. The highest BCUT2D eigenvalue weighted by Crippen LogP contribution is 2.21. The summed E-state index contributed by atoms with van der Waals surface area (Å²) >= 11 is 0. The summed E-state index contributed by atoms with van der Waals surface area (Å²) < 4.78 is 8.57. The number of carbonyl (C=O) groups is 2. The molecule has 0 amide bonds. The van der Waals surface area contributed by atoms with Gasteiger partial charge in [0.25, 0.3) is 0 Å². The van der Waals surface area contributed by atoms with Crippen molar-refractivity contribution in [3.63, 3.8) is 0 Å². The van der Waals surface area contributed by atoms with Gasteiger partial charge in [0.15, 0.2) is 30.4 Å². The van der Waals surface area contributed by atoms with Crippen molar-refractivity contribution in [2.24, 2.45) is 0 Å². The molecule has 0 aliphatic carbocycles. The number of rotatable bonds is 5. The van der Waals surface area contributed by atoms with Gasteiger partial charge >= 0.3 is 11.9 Å². The van der Waals surface area contributed by atoms with Crippen LogP contribution in [0.25, 0.3) is 11.1 Å². The van der Waals surface area contributed by atoms with E-state index in [2.05, 4.69) is 19.4 Å². The van der Waals surface area contributed by atoms with Crippen molar-refractivity contribution in [2.45, 2.75) is 24.4 Å². The first-order valence-corrected chi connectivity index (χ1v) is 10.2. The molecule has 0 unspecified atom stereocenters. The van der Waals surface area contributed by atoms with E-state index in [0.29, 0.717) is 0 Å². The first-order chi connectivity index (χ1) is 17.1. The van der Waals surface area contributed by atoms with E-state index in [9.17, 15) is 14.7 Å². The monoisotopic (exact) mass is 508 g/mol. The Hall–Kier alpha value is -4.24. The second-order valence-electron chi connectivity index (χ2n) is 7.12. The van der Waals surface area contributed by atoms with Crippen molar-refractivity contribution in [2.75, 3.05) is 13.2 Å². The minimum atomic E-state index is -1.46. The number of H-pyrrole nitrogens is 1. The number of ether oxygens (including phenoxy) is 2.